The van der Waals surface area contributed by atoms with Crippen LogP contribution in [0.15, 0.2) is 30.3 Å². The van der Waals surface area contributed by atoms with Crippen LogP contribution in [0.4, 0.5) is 0 Å². The first-order valence-electron chi connectivity index (χ1n) is 9.65. The highest BCUT2D eigenvalue weighted by Crippen LogP contribution is 2.21. The average Bonchev–Trinajstić information content (AvgIpc) is 3.20. The number of piperazine rings is 1. The zero-order valence-corrected chi connectivity index (χ0v) is 18.1. The Morgan fingerprint density at radius 1 is 0.929 bits per heavy atom. The summed E-state index contributed by atoms with van der Waals surface area (Å²) < 4.78 is 0. The van der Waals surface area contributed by atoms with Crippen molar-refractivity contribution in [2.24, 2.45) is 11.7 Å². The number of hydrogen-bond donors (Lipinski definition) is 1. The second-order valence-corrected chi connectivity index (χ2v) is 7.41. The minimum Gasteiger partial charge on any atom is -0.339 e. The number of amides is 2. The molecule has 1 aromatic rings. The Morgan fingerprint density at radius 2 is 1.46 bits per heavy atom. The fraction of sp³-hybridized carbons (Fsp3) is 0.600. The van der Waals surface area contributed by atoms with Crippen molar-refractivity contribution in [3.8, 4) is 0 Å². The molecule has 2 heterocycles. The predicted octanol–water partition coefficient (Wildman–Crippen LogP) is 1.93. The summed E-state index contributed by atoms with van der Waals surface area (Å²) in [5.74, 6) is -0.00900. The fourth-order valence-corrected chi connectivity index (χ4v) is 3.81. The molecule has 0 aliphatic carbocycles. The highest BCUT2D eigenvalue weighted by molar-refractivity contribution is 5.85. The van der Waals surface area contributed by atoms with Gasteiger partial charge in [-0.15, -0.1) is 24.8 Å². The van der Waals surface area contributed by atoms with Crippen LogP contribution in [0.25, 0.3) is 0 Å². The first-order chi connectivity index (χ1) is 12.6. The Bertz CT molecular complexity index is 618. The van der Waals surface area contributed by atoms with Crippen LogP contribution in [0, 0.1) is 5.92 Å². The molecule has 0 radical (unpaired) electrons. The molecule has 2 amide bonds. The Labute approximate surface area is 180 Å². The highest BCUT2D eigenvalue weighted by Gasteiger charge is 2.30. The molecule has 2 atom stereocenters. The third-order valence-corrected chi connectivity index (χ3v) is 5.61. The van der Waals surface area contributed by atoms with E-state index in [1.54, 1.807) is 0 Å². The van der Waals surface area contributed by atoms with Crippen LogP contribution in [-0.2, 0) is 9.59 Å². The van der Waals surface area contributed by atoms with Gasteiger partial charge in [0.15, 0.2) is 0 Å². The summed E-state index contributed by atoms with van der Waals surface area (Å²) in [7, 11) is 0. The maximum absolute atomic E-state index is 12.8. The predicted molar refractivity (Wildman–Crippen MR) is 116 cm³/mol. The van der Waals surface area contributed by atoms with Gasteiger partial charge in [0.2, 0.25) is 11.8 Å². The van der Waals surface area contributed by atoms with Crippen LogP contribution in [0.3, 0.4) is 0 Å². The van der Waals surface area contributed by atoms with Crippen LogP contribution in [0.5, 0.6) is 0 Å². The van der Waals surface area contributed by atoms with E-state index >= 15 is 0 Å². The Balaban J connectivity index is 0.00000196. The lowest BCUT2D eigenvalue weighted by Crippen LogP contribution is -2.54. The van der Waals surface area contributed by atoms with Gasteiger partial charge in [-0.2, -0.15) is 0 Å². The number of nitrogens with zero attached hydrogens (tertiary/aromatic N) is 3. The largest absolute Gasteiger partial charge is 0.339 e. The Morgan fingerprint density at radius 3 is 2.04 bits per heavy atom. The molecule has 2 aliphatic rings. The fourth-order valence-electron chi connectivity index (χ4n) is 3.81. The summed E-state index contributed by atoms with van der Waals surface area (Å²) in [5, 5.41) is 0. The molecule has 3 rings (SSSR count). The molecule has 0 saturated carbocycles. The van der Waals surface area contributed by atoms with Crippen molar-refractivity contribution in [3.05, 3.63) is 35.9 Å². The second-order valence-electron chi connectivity index (χ2n) is 7.41. The molecule has 2 fully saturated rings. The smallest absolute Gasteiger partial charge is 0.236 e. The van der Waals surface area contributed by atoms with Crippen LogP contribution < -0.4 is 5.73 Å². The van der Waals surface area contributed by atoms with E-state index in [0.717, 1.165) is 18.7 Å². The van der Waals surface area contributed by atoms with Gasteiger partial charge in [-0.25, -0.2) is 0 Å². The van der Waals surface area contributed by atoms with E-state index in [4.69, 9.17) is 5.73 Å². The minimum atomic E-state index is -0.307. The van der Waals surface area contributed by atoms with Crippen molar-refractivity contribution in [1.29, 1.82) is 0 Å². The lowest BCUT2D eigenvalue weighted by atomic mass is 9.94. The molecular weight excluding hydrogens is 399 g/mol. The van der Waals surface area contributed by atoms with E-state index in [0.29, 0.717) is 32.7 Å². The molecular formula is C20H32Cl2N4O2. The van der Waals surface area contributed by atoms with E-state index in [9.17, 15) is 9.59 Å². The normalized spacial score (nSPS) is 19.4. The molecule has 0 aromatic heterocycles. The van der Waals surface area contributed by atoms with Crippen molar-refractivity contribution in [2.45, 2.75) is 25.8 Å². The van der Waals surface area contributed by atoms with Gasteiger partial charge in [0, 0.05) is 32.2 Å². The molecule has 2 aliphatic heterocycles. The minimum absolute atomic E-state index is 0. The van der Waals surface area contributed by atoms with Crippen molar-refractivity contribution < 1.29 is 9.59 Å². The van der Waals surface area contributed by atoms with Crippen molar-refractivity contribution in [2.75, 3.05) is 45.8 Å². The summed E-state index contributed by atoms with van der Waals surface area (Å²) in [4.78, 5) is 31.2. The molecule has 0 spiro atoms. The van der Waals surface area contributed by atoms with E-state index in [1.807, 2.05) is 47.1 Å². The van der Waals surface area contributed by atoms with E-state index < -0.39 is 0 Å². The number of halogens is 2. The maximum atomic E-state index is 12.8. The van der Waals surface area contributed by atoms with Gasteiger partial charge in [0.1, 0.15) is 0 Å². The molecule has 2 N–H and O–H groups in total. The lowest BCUT2D eigenvalue weighted by molar-refractivity contribution is -0.142. The lowest BCUT2D eigenvalue weighted by Gasteiger charge is -2.37. The first-order valence-corrected chi connectivity index (χ1v) is 9.65. The summed E-state index contributed by atoms with van der Waals surface area (Å²) in [6, 6.07) is 9.45. The van der Waals surface area contributed by atoms with Crippen molar-refractivity contribution in [3.63, 3.8) is 0 Å². The van der Waals surface area contributed by atoms with Crippen molar-refractivity contribution in [1.82, 2.24) is 14.7 Å². The van der Waals surface area contributed by atoms with Gasteiger partial charge >= 0.3 is 0 Å². The monoisotopic (exact) mass is 430 g/mol. The highest BCUT2D eigenvalue weighted by atomic mass is 35.5. The van der Waals surface area contributed by atoms with Gasteiger partial charge < -0.3 is 15.5 Å². The van der Waals surface area contributed by atoms with Gasteiger partial charge in [0.25, 0.3) is 0 Å². The summed E-state index contributed by atoms with van der Waals surface area (Å²) >= 11 is 0. The van der Waals surface area contributed by atoms with E-state index in [1.165, 1.54) is 12.8 Å². The first kappa shape index (κ1) is 24.7. The van der Waals surface area contributed by atoms with Gasteiger partial charge in [-0.05, 0) is 31.5 Å². The third-order valence-electron chi connectivity index (χ3n) is 5.61. The number of likely N-dealkylation sites (tertiary alicyclic amines) is 1. The van der Waals surface area contributed by atoms with Gasteiger partial charge in [0.05, 0.1) is 12.5 Å². The maximum Gasteiger partial charge on any atom is 0.236 e. The Hall–Kier alpha value is -1.34. The quantitative estimate of drug-likeness (QED) is 0.774. The van der Waals surface area contributed by atoms with Gasteiger partial charge in [-0.1, -0.05) is 37.3 Å². The average molecular weight is 431 g/mol. The topological polar surface area (TPSA) is 69.9 Å². The number of carbonyl (C=O) groups excluding carboxylic acids is 2. The van der Waals surface area contributed by atoms with Gasteiger partial charge in [-0.3, -0.25) is 14.5 Å². The zero-order valence-electron chi connectivity index (χ0n) is 16.5. The summed E-state index contributed by atoms with van der Waals surface area (Å²) in [6.07, 6.45) is 2.38. The third kappa shape index (κ3) is 6.08. The van der Waals surface area contributed by atoms with Crippen LogP contribution in [0.2, 0.25) is 0 Å². The molecule has 6 nitrogen and oxygen atoms in total. The second kappa shape index (κ2) is 11.6. The van der Waals surface area contributed by atoms with E-state index in [-0.39, 0.29) is 48.6 Å². The molecule has 0 bridgehead atoms. The zero-order chi connectivity index (χ0) is 18.5. The number of nitrogens with two attached hydrogens (primary N) is 1. The Kier molecular flexibility index (Phi) is 10.2. The van der Waals surface area contributed by atoms with E-state index in [2.05, 4.69) is 4.90 Å². The molecule has 28 heavy (non-hydrogen) atoms. The standard InChI is InChI=1S/C20H30N4O2.2ClH/c1-16(19(21)17-7-3-2-4-8-17)20(26)24-13-11-23(12-14-24)18(25)15-22-9-5-6-10-22;;/h2-4,7-8,16,19H,5-6,9-15,21H2,1H3;2*1H. The SMILES string of the molecule is CC(C(=O)N1CCN(C(=O)CN2CCCC2)CC1)C(N)c1ccccc1.Cl.Cl. The summed E-state index contributed by atoms with van der Waals surface area (Å²) in [5.41, 5.74) is 7.27. The van der Waals surface area contributed by atoms with Crippen LogP contribution >= 0.6 is 24.8 Å². The number of rotatable bonds is 5. The van der Waals surface area contributed by atoms with Crippen LogP contribution in [0.1, 0.15) is 31.4 Å². The number of carbonyl (C=O) groups is 2. The summed E-state index contributed by atoms with van der Waals surface area (Å²) in [6.45, 7) is 6.89. The molecule has 2 unspecified atom stereocenters. The molecule has 2 saturated heterocycles. The number of benzene rings is 1. The molecule has 1 aromatic carbocycles. The van der Waals surface area contributed by atoms with Crippen molar-refractivity contribution >= 4 is 36.6 Å². The molecule has 158 valence electrons. The van der Waals surface area contributed by atoms with Crippen LogP contribution in [-0.4, -0.2) is 72.3 Å². The number of hydrogen-bond acceptors (Lipinski definition) is 4. The molecule has 8 heteroatoms.